The maximum absolute atomic E-state index is 12.1. The number of thiophene rings is 1. The molecular formula is C17H14ClN5O3S. The van der Waals surface area contributed by atoms with Gasteiger partial charge in [0.1, 0.15) is 11.4 Å². The number of fused-ring (bicyclic) bond motifs is 1. The lowest BCUT2D eigenvalue weighted by Gasteiger charge is -2.26. The molecule has 10 heteroatoms. The summed E-state index contributed by atoms with van der Waals surface area (Å²) in [6.07, 6.45) is 1.72. The van der Waals surface area contributed by atoms with Crippen molar-refractivity contribution in [3.63, 3.8) is 0 Å². The molecule has 3 heterocycles. The second-order valence-electron chi connectivity index (χ2n) is 5.83. The summed E-state index contributed by atoms with van der Waals surface area (Å²) in [6, 6.07) is 8.77. The van der Waals surface area contributed by atoms with Crippen LogP contribution in [0.3, 0.4) is 0 Å². The largest absolute Gasteiger partial charge is 0.481 e. The van der Waals surface area contributed by atoms with Gasteiger partial charge in [-0.05, 0) is 24.3 Å². The van der Waals surface area contributed by atoms with Crippen LogP contribution in [-0.4, -0.2) is 40.5 Å². The Labute approximate surface area is 163 Å². The van der Waals surface area contributed by atoms with Crippen LogP contribution in [0.2, 0.25) is 4.34 Å². The van der Waals surface area contributed by atoms with Gasteiger partial charge in [0.15, 0.2) is 6.61 Å². The molecule has 0 bridgehead atoms. The van der Waals surface area contributed by atoms with Crippen LogP contribution in [0.5, 0.6) is 5.75 Å². The summed E-state index contributed by atoms with van der Waals surface area (Å²) in [7, 11) is 1.71. The van der Waals surface area contributed by atoms with Gasteiger partial charge in [0, 0.05) is 13.1 Å². The first kappa shape index (κ1) is 17.5. The number of nitrogens with one attached hydrogen (secondary N) is 1. The van der Waals surface area contributed by atoms with Gasteiger partial charge in [-0.3, -0.25) is 9.59 Å². The van der Waals surface area contributed by atoms with Crippen molar-refractivity contribution in [2.24, 2.45) is 0 Å². The number of likely N-dealkylation sites (N-methyl/N-ethyl adjacent to an activating group) is 1. The molecule has 8 nitrogen and oxygen atoms in total. The van der Waals surface area contributed by atoms with Crippen LogP contribution in [0.1, 0.15) is 15.4 Å². The van der Waals surface area contributed by atoms with Crippen LogP contribution in [0.15, 0.2) is 36.5 Å². The van der Waals surface area contributed by atoms with Gasteiger partial charge in [0.05, 0.1) is 33.3 Å². The Bertz CT molecular complexity index is 1030. The molecule has 0 spiro atoms. The van der Waals surface area contributed by atoms with E-state index < -0.39 is 0 Å². The summed E-state index contributed by atoms with van der Waals surface area (Å²) in [5.41, 5.74) is 2.06. The number of amides is 2. The molecule has 0 unspecified atom stereocenters. The average molecular weight is 404 g/mol. The molecule has 1 aliphatic heterocycles. The average Bonchev–Trinajstić information content (AvgIpc) is 3.32. The number of anilines is 1. The van der Waals surface area contributed by atoms with E-state index in [1.165, 1.54) is 11.3 Å². The van der Waals surface area contributed by atoms with Gasteiger partial charge in [0.25, 0.3) is 11.8 Å². The number of rotatable bonds is 4. The van der Waals surface area contributed by atoms with Gasteiger partial charge in [-0.2, -0.15) is 0 Å². The molecule has 1 aromatic carbocycles. The number of carbonyl (C=O) groups is 2. The SMILES string of the molecule is CN1C(=O)COc2cc(-n3cc(CNC(=O)c4ccc(Cl)s4)nn3)ccc21. The van der Waals surface area contributed by atoms with Gasteiger partial charge in [-0.15, -0.1) is 16.4 Å². The molecule has 1 aliphatic rings. The number of nitrogens with zero attached hydrogens (tertiary/aromatic N) is 4. The molecule has 4 rings (SSSR count). The Hall–Kier alpha value is -2.91. The number of benzene rings is 1. The van der Waals surface area contributed by atoms with Crippen LogP contribution in [0.25, 0.3) is 5.69 Å². The van der Waals surface area contributed by atoms with E-state index >= 15 is 0 Å². The summed E-state index contributed by atoms with van der Waals surface area (Å²) in [6.45, 7) is 0.251. The highest BCUT2D eigenvalue weighted by Gasteiger charge is 2.22. The lowest BCUT2D eigenvalue weighted by Crippen LogP contribution is -2.35. The van der Waals surface area contributed by atoms with Crippen molar-refractivity contribution >= 4 is 40.4 Å². The normalized spacial score (nSPS) is 13.3. The Balaban J connectivity index is 1.46. The van der Waals surface area contributed by atoms with Gasteiger partial charge < -0.3 is 15.0 Å². The highest BCUT2D eigenvalue weighted by Crippen LogP contribution is 2.32. The minimum absolute atomic E-state index is 0.00826. The fourth-order valence-corrected chi connectivity index (χ4v) is 3.57. The predicted molar refractivity (Wildman–Crippen MR) is 101 cm³/mol. The first-order chi connectivity index (χ1) is 13.0. The molecule has 2 aromatic heterocycles. The lowest BCUT2D eigenvalue weighted by molar-refractivity contribution is -0.120. The minimum Gasteiger partial charge on any atom is -0.481 e. The lowest BCUT2D eigenvalue weighted by atomic mass is 10.2. The first-order valence-electron chi connectivity index (χ1n) is 8.00. The van der Waals surface area contributed by atoms with E-state index in [0.29, 0.717) is 26.3 Å². The smallest absolute Gasteiger partial charge is 0.264 e. The van der Waals surface area contributed by atoms with Crippen LogP contribution in [0.4, 0.5) is 5.69 Å². The number of hydrogen-bond donors (Lipinski definition) is 1. The maximum Gasteiger partial charge on any atom is 0.264 e. The van der Waals surface area contributed by atoms with E-state index in [9.17, 15) is 9.59 Å². The molecule has 0 radical (unpaired) electrons. The molecule has 3 aromatic rings. The topological polar surface area (TPSA) is 89.4 Å². The Morgan fingerprint density at radius 2 is 2.22 bits per heavy atom. The van der Waals surface area contributed by atoms with E-state index in [1.807, 2.05) is 6.07 Å². The molecule has 138 valence electrons. The molecule has 0 atom stereocenters. The Kier molecular flexibility index (Phi) is 4.54. The van der Waals surface area contributed by atoms with Gasteiger partial charge in [-0.25, -0.2) is 4.68 Å². The Morgan fingerprint density at radius 3 is 3.00 bits per heavy atom. The summed E-state index contributed by atoms with van der Waals surface area (Å²) in [5, 5.41) is 10.9. The number of ether oxygens (including phenoxy) is 1. The van der Waals surface area contributed by atoms with Gasteiger partial charge in [0.2, 0.25) is 0 Å². The van der Waals surface area contributed by atoms with Crippen molar-refractivity contribution in [2.75, 3.05) is 18.6 Å². The molecule has 0 aliphatic carbocycles. The van der Waals surface area contributed by atoms with Crippen molar-refractivity contribution in [3.8, 4) is 11.4 Å². The monoisotopic (exact) mass is 403 g/mol. The molecule has 2 amide bonds. The van der Waals surface area contributed by atoms with Crippen molar-refractivity contribution in [1.29, 1.82) is 0 Å². The van der Waals surface area contributed by atoms with Crippen LogP contribution in [-0.2, 0) is 11.3 Å². The second-order valence-corrected chi connectivity index (χ2v) is 7.55. The zero-order chi connectivity index (χ0) is 19.0. The zero-order valence-corrected chi connectivity index (χ0v) is 15.8. The van der Waals surface area contributed by atoms with E-state index in [-0.39, 0.29) is 25.0 Å². The fraction of sp³-hybridized carbons (Fsp3) is 0.176. The second kappa shape index (κ2) is 7.01. The maximum atomic E-state index is 12.1. The van der Waals surface area contributed by atoms with E-state index in [4.69, 9.17) is 16.3 Å². The first-order valence-corrected chi connectivity index (χ1v) is 9.19. The predicted octanol–water partition coefficient (Wildman–Crippen LogP) is 2.27. The van der Waals surface area contributed by atoms with E-state index in [1.54, 1.807) is 47.1 Å². The van der Waals surface area contributed by atoms with Crippen molar-refractivity contribution in [3.05, 3.63) is 51.4 Å². The number of halogens is 1. The van der Waals surface area contributed by atoms with Crippen molar-refractivity contribution in [1.82, 2.24) is 20.3 Å². The molecule has 0 saturated heterocycles. The molecule has 0 fully saturated rings. The van der Waals surface area contributed by atoms with Crippen molar-refractivity contribution < 1.29 is 14.3 Å². The van der Waals surface area contributed by atoms with Crippen LogP contribution in [0, 0.1) is 0 Å². The van der Waals surface area contributed by atoms with Crippen LogP contribution >= 0.6 is 22.9 Å². The Morgan fingerprint density at radius 1 is 1.37 bits per heavy atom. The minimum atomic E-state index is -0.212. The third-order valence-corrected chi connectivity index (χ3v) is 5.29. The number of carbonyl (C=O) groups excluding carboxylic acids is 2. The third-order valence-electron chi connectivity index (χ3n) is 4.06. The van der Waals surface area contributed by atoms with Crippen molar-refractivity contribution in [2.45, 2.75) is 6.54 Å². The highest BCUT2D eigenvalue weighted by atomic mass is 35.5. The van der Waals surface area contributed by atoms with Crippen LogP contribution < -0.4 is 15.0 Å². The summed E-state index contributed by atoms with van der Waals surface area (Å²) < 4.78 is 7.64. The van der Waals surface area contributed by atoms with Gasteiger partial charge >= 0.3 is 0 Å². The zero-order valence-electron chi connectivity index (χ0n) is 14.2. The fourth-order valence-electron chi connectivity index (χ4n) is 2.61. The molecular weight excluding hydrogens is 390 g/mol. The molecule has 0 saturated carbocycles. The summed E-state index contributed by atoms with van der Waals surface area (Å²) >= 11 is 7.06. The highest BCUT2D eigenvalue weighted by molar-refractivity contribution is 7.17. The third kappa shape index (κ3) is 3.51. The van der Waals surface area contributed by atoms with E-state index in [2.05, 4.69) is 15.6 Å². The van der Waals surface area contributed by atoms with Gasteiger partial charge in [-0.1, -0.05) is 16.8 Å². The number of hydrogen-bond acceptors (Lipinski definition) is 6. The molecule has 1 N–H and O–H groups in total. The summed E-state index contributed by atoms with van der Waals surface area (Å²) in [5.74, 6) is 0.298. The standard InChI is InChI=1S/C17H14ClN5O3S/c1-22-12-3-2-11(6-13(12)26-9-16(22)24)23-8-10(20-21-23)7-19-17(25)14-4-5-15(18)27-14/h2-6,8H,7,9H2,1H3,(H,19,25). The molecule has 27 heavy (non-hydrogen) atoms. The van der Waals surface area contributed by atoms with E-state index in [0.717, 1.165) is 5.69 Å². The quantitative estimate of drug-likeness (QED) is 0.721. The number of aromatic nitrogens is 3. The summed E-state index contributed by atoms with van der Waals surface area (Å²) in [4.78, 5) is 25.8.